The van der Waals surface area contributed by atoms with Crippen LogP contribution in [0, 0.1) is 0 Å². The van der Waals surface area contributed by atoms with Gasteiger partial charge in [-0.3, -0.25) is 24.0 Å². The second-order valence-electron chi connectivity index (χ2n) is 12.4. The number of nitrogens with zero attached hydrogens (tertiary/aromatic N) is 5. The van der Waals surface area contributed by atoms with E-state index >= 15 is 0 Å². The Morgan fingerprint density at radius 1 is 0.607 bits per heavy atom. The lowest BCUT2D eigenvalue weighted by Crippen LogP contribution is -2.21. The third kappa shape index (κ3) is 8.40. The summed E-state index contributed by atoms with van der Waals surface area (Å²) in [6, 6.07) is 31.3. The van der Waals surface area contributed by atoms with E-state index in [1.54, 1.807) is 42.7 Å². The van der Waals surface area contributed by atoms with E-state index < -0.39 is 11.6 Å². The van der Waals surface area contributed by atoms with Crippen molar-refractivity contribution in [1.29, 1.82) is 0 Å². The molecule has 56 heavy (non-hydrogen) atoms. The Bertz CT molecular complexity index is 2960. The minimum atomic E-state index is -0.442. The van der Waals surface area contributed by atoms with E-state index in [1.165, 1.54) is 30.6 Å². The number of carbonyl (C=O) groups is 2. The zero-order chi connectivity index (χ0) is 39.3. The molecule has 0 saturated heterocycles. The molecule has 0 radical (unpaired) electrons. The molecule has 0 atom stereocenters. The number of hydrogen-bond acceptors (Lipinski definition) is 8. The molecule has 0 unspecified atom stereocenters. The predicted octanol–water partition coefficient (Wildman–Crippen LogP) is 7.61. The largest absolute Gasteiger partial charge is 0.340 e. The molecule has 8 aromatic rings. The third-order valence-corrected chi connectivity index (χ3v) is 9.82. The van der Waals surface area contributed by atoms with Gasteiger partial charge < -0.3 is 14.1 Å². The lowest BCUT2D eigenvalue weighted by atomic mass is 10.0. The highest BCUT2D eigenvalue weighted by Crippen LogP contribution is 2.19. The van der Waals surface area contributed by atoms with Crippen LogP contribution in [0.5, 0.6) is 0 Å². The van der Waals surface area contributed by atoms with Crippen LogP contribution in [0.4, 0.5) is 0 Å². The van der Waals surface area contributed by atoms with Crippen LogP contribution in [0.2, 0.25) is 5.15 Å². The minimum absolute atomic E-state index is 0.0424. The van der Waals surface area contributed by atoms with E-state index in [1.807, 2.05) is 69.8 Å². The van der Waals surface area contributed by atoms with Crippen LogP contribution in [-0.4, -0.2) is 40.6 Å². The molecule has 0 spiro atoms. The first-order valence-electron chi connectivity index (χ1n) is 16.9. The number of para-hydroxylation sites is 2. The van der Waals surface area contributed by atoms with Crippen molar-refractivity contribution < 1.29 is 9.59 Å². The summed E-state index contributed by atoms with van der Waals surface area (Å²) in [5.74, 6) is -0.834. The normalized spacial score (nSPS) is 10.9. The molecule has 0 amide bonds. The van der Waals surface area contributed by atoms with Crippen LogP contribution >= 0.6 is 43.5 Å². The Labute approximate surface area is 339 Å². The standard InChI is InChI=1S/C21H13BrClN3O2.C21H14BrN3O3/c22-18-7-3-4-14(25-18)11-26-12-16(20(27)13-8-9-19(23)24-10-13)21(28)15-5-1-2-6-17(15)26;22-18-7-3-4-14(24-18)11-25-12-16(20(27)13-8-9-19(26)23-10-13)21(28)15-5-1-2-6-17(15)25/h1-10,12H,11H2;1-10,12H,11H2,(H,23,26). The average molecular weight is 891 g/mol. The van der Waals surface area contributed by atoms with Crippen molar-refractivity contribution in [3.63, 3.8) is 0 Å². The van der Waals surface area contributed by atoms with Gasteiger partial charge in [0.25, 0.3) is 0 Å². The molecule has 8 rings (SSSR count). The van der Waals surface area contributed by atoms with Crippen LogP contribution in [0.25, 0.3) is 21.8 Å². The van der Waals surface area contributed by atoms with Crippen molar-refractivity contribution in [3.8, 4) is 0 Å². The number of aromatic amines is 1. The zero-order valence-corrected chi connectivity index (χ0v) is 33.0. The van der Waals surface area contributed by atoms with Crippen LogP contribution in [0.1, 0.15) is 43.2 Å². The molecule has 0 aliphatic carbocycles. The molecule has 1 N–H and O–H groups in total. The summed E-state index contributed by atoms with van der Waals surface area (Å²) in [4.78, 5) is 78.3. The van der Waals surface area contributed by atoms with Gasteiger partial charge >= 0.3 is 0 Å². The molecule has 0 aliphatic heterocycles. The van der Waals surface area contributed by atoms with E-state index in [9.17, 15) is 24.0 Å². The zero-order valence-electron chi connectivity index (χ0n) is 29.0. The molecular formula is C42H27Br2ClN6O5. The maximum Gasteiger partial charge on any atom is 0.247 e. The van der Waals surface area contributed by atoms with Crippen LogP contribution in [-0.2, 0) is 13.1 Å². The van der Waals surface area contributed by atoms with Crippen molar-refractivity contribution in [2.75, 3.05) is 0 Å². The Morgan fingerprint density at radius 2 is 1.11 bits per heavy atom. The summed E-state index contributed by atoms with van der Waals surface area (Å²) < 4.78 is 5.13. The first kappa shape index (κ1) is 38.1. The fourth-order valence-electron chi connectivity index (χ4n) is 6.07. The fourth-order valence-corrected chi connectivity index (χ4v) is 6.95. The Kier molecular flexibility index (Phi) is 11.4. The third-order valence-electron chi connectivity index (χ3n) is 8.71. The topological polar surface area (TPSA) is 150 Å². The Balaban J connectivity index is 0.000000172. The number of benzene rings is 2. The van der Waals surface area contributed by atoms with E-state index in [-0.39, 0.29) is 38.3 Å². The van der Waals surface area contributed by atoms with Gasteiger partial charge in [0.15, 0.2) is 11.6 Å². The fraction of sp³-hybridized carbons (Fsp3) is 0.0476. The number of ketones is 2. The van der Waals surface area contributed by atoms with Gasteiger partial charge in [-0.2, -0.15) is 0 Å². The van der Waals surface area contributed by atoms with Crippen molar-refractivity contribution in [1.82, 2.24) is 29.1 Å². The number of halogens is 3. The van der Waals surface area contributed by atoms with Crippen molar-refractivity contribution in [2.24, 2.45) is 0 Å². The molecule has 0 fully saturated rings. The number of H-pyrrole nitrogens is 1. The van der Waals surface area contributed by atoms with Gasteiger partial charge in [-0.15, -0.1) is 0 Å². The van der Waals surface area contributed by atoms with E-state index in [0.717, 1.165) is 21.5 Å². The second kappa shape index (κ2) is 16.7. The Morgan fingerprint density at radius 3 is 1.57 bits per heavy atom. The lowest BCUT2D eigenvalue weighted by molar-refractivity contribution is 0.102. The van der Waals surface area contributed by atoms with Gasteiger partial charge in [-0.25, -0.2) is 15.0 Å². The Hall–Kier alpha value is -6.15. The SMILES string of the molecule is O=C(c1ccc(=O)[nH]c1)c1cn(Cc2cccc(Br)n2)c2ccccc2c1=O.O=C(c1ccc(Cl)nc1)c1cn(Cc2cccc(Br)n2)c2ccccc2c1=O. The van der Waals surface area contributed by atoms with Gasteiger partial charge in [-0.1, -0.05) is 48.0 Å². The molecule has 0 aliphatic rings. The van der Waals surface area contributed by atoms with Gasteiger partial charge in [0.2, 0.25) is 16.4 Å². The van der Waals surface area contributed by atoms with E-state index in [4.69, 9.17) is 11.6 Å². The second-order valence-corrected chi connectivity index (χ2v) is 14.4. The predicted molar refractivity (Wildman–Crippen MR) is 222 cm³/mol. The molecular weight excluding hydrogens is 864 g/mol. The number of hydrogen-bond donors (Lipinski definition) is 1. The van der Waals surface area contributed by atoms with Gasteiger partial charge in [-0.05, 0) is 98.6 Å². The summed E-state index contributed by atoms with van der Waals surface area (Å²) in [5.41, 5.74) is 2.75. The summed E-state index contributed by atoms with van der Waals surface area (Å²) in [6.45, 7) is 0.811. The van der Waals surface area contributed by atoms with E-state index in [2.05, 4.69) is 51.8 Å². The average Bonchev–Trinajstić information content (AvgIpc) is 3.20. The summed E-state index contributed by atoms with van der Waals surface area (Å²) in [6.07, 6.45) is 5.84. The van der Waals surface area contributed by atoms with Gasteiger partial charge in [0.05, 0.1) is 46.6 Å². The molecule has 6 aromatic heterocycles. The smallest absolute Gasteiger partial charge is 0.247 e. The van der Waals surface area contributed by atoms with E-state index in [0.29, 0.717) is 39.5 Å². The first-order valence-corrected chi connectivity index (χ1v) is 18.9. The van der Waals surface area contributed by atoms with Gasteiger partial charge in [0.1, 0.15) is 14.4 Å². The number of nitrogens with one attached hydrogen (secondary N) is 1. The molecule has 14 heteroatoms. The monoisotopic (exact) mass is 888 g/mol. The maximum atomic E-state index is 13.0. The highest BCUT2D eigenvalue weighted by molar-refractivity contribution is 9.10. The molecule has 0 bridgehead atoms. The molecule has 11 nitrogen and oxygen atoms in total. The van der Waals surface area contributed by atoms with Crippen molar-refractivity contribution in [2.45, 2.75) is 13.1 Å². The van der Waals surface area contributed by atoms with Crippen LogP contribution in [0.3, 0.4) is 0 Å². The molecule has 6 heterocycles. The van der Waals surface area contributed by atoms with Crippen molar-refractivity contribution >= 4 is 76.8 Å². The first-order chi connectivity index (χ1) is 27.0. The minimum Gasteiger partial charge on any atom is -0.340 e. The van der Waals surface area contributed by atoms with Crippen LogP contribution < -0.4 is 16.4 Å². The molecule has 276 valence electrons. The quantitative estimate of drug-likeness (QED) is 0.121. The van der Waals surface area contributed by atoms with Crippen LogP contribution in [0.15, 0.2) is 158 Å². The summed E-state index contributed by atoms with van der Waals surface area (Å²) >= 11 is 12.5. The highest BCUT2D eigenvalue weighted by Gasteiger charge is 2.19. The summed E-state index contributed by atoms with van der Waals surface area (Å²) in [5, 5.41) is 1.21. The number of pyridine rings is 6. The highest BCUT2D eigenvalue weighted by atomic mass is 79.9. The number of fused-ring (bicyclic) bond motifs is 2. The van der Waals surface area contributed by atoms with Crippen molar-refractivity contribution in [3.05, 3.63) is 213 Å². The number of carbonyl (C=O) groups excluding carboxylic acids is 2. The molecule has 0 saturated carbocycles. The van der Waals surface area contributed by atoms with Gasteiger partial charge in [0, 0.05) is 52.8 Å². The summed E-state index contributed by atoms with van der Waals surface area (Å²) in [7, 11) is 0. The lowest BCUT2D eigenvalue weighted by Gasteiger charge is -2.13. The molecule has 2 aromatic carbocycles. The number of aromatic nitrogens is 6. The maximum absolute atomic E-state index is 13.0. The number of rotatable bonds is 8.